The maximum absolute atomic E-state index is 5.93. The lowest BCUT2D eigenvalue weighted by Gasteiger charge is -2.26. The van der Waals surface area contributed by atoms with Crippen LogP contribution in [-0.4, -0.2) is 17.6 Å². The Balaban J connectivity index is 1.71. The molecule has 1 aliphatic carbocycles. The molecule has 4 heteroatoms. The topological polar surface area (TPSA) is 42.1 Å². The van der Waals surface area contributed by atoms with E-state index in [0.717, 1.165) is 17.7 Å². The van der Waals surface area contributed by atoms with Crippen molar-refractivity contribution in [3.63, 3.8) is 0 Å². The van der Waals surface area contributed by atoms with Gasteiger partial charge in [-0.2, -0.15) is 0 Å². The van der Waals surface area contributed by atoms with Crippen molar-refractivity contribution < 1.29 is 0 Å². The number of nitrogens with zero attached hydrogens (tertiary/aromatic N) is 2. The van der Waals surface area contributed by atoms with Crippen LogP contribution >= 0.6 is 11.3 Å². The van der Waals surface area contributed by atoms with Gasteiger partial charge in [0.05, 0.1) is 5.69 Å². The van der Waals surface area contributed by atoms with Crippen LogP contribution in [0.5, 0.6) is 0 Å². The van der Waals surface area contributed by atoms with Gasteiger partial charge in [-0.15, -0.1) is 0 Å². The Morgan fingerprint density at radius 3 is 2.75 bits per heavy atom. The highest BCUT2D eigenvalue weighted by Gasteiger charge is 2.39. The molecule has 2 bridgehead atoms. The number of hydrogen-bond donors (Lipinski definition) is 1. The molecule has 1 saturated carbocycles. The highest BCUT2D eigenvalue weighted by molar-refractivity contribution is 7.16. The van der Waals surface area contributed by atoms with E-state index in [0.29, 0.717) is 6.54 Å². The quantitative estimate of drug-likeness (QED) is 0.941. The van der Waals surface area contributed by atoms with Gasteiger partial charge in [-0.3, -0.25) is 0 Å². The predicted octanol–water partition coefficient (Wildman–Crippen LogP) is 3.26. The Morgan fingerprint density at radius 2 is 2.10 bits per heavy atom. The molecule has 2 fully saturated rings. The third kappa shape index (κ3) is 1.95. The van der Waals surface area contributed by atoms with Crippen LogP contribution in [0.1, 0.15) is 24.1 Å². The monoisotopic (exact) mass is 285 g/mol. The summed E-state index contributed by atoms with van der Waals surface area (Å²) in [5.41, 5.74) is 8.19. The smallest absolute Gasteiger partial charge is 0.186 e. The summed E-state index contributed by atoms with van der Waals surface area (Å²) in [7, 11) is 0. The molecule has 1 aromatic carbocycles. The first-order valence-electron chi connectivity index (χ1n) is 7.37. The van der Waals surface area contributed by atoms with Gasteiger partial charge in [0, 0.05) is 29.6 Å². The minimum atomic E-state index is 0.573. The van der Waals surface area contributed by atoms with Crippen LogP contribution < -0.4 is 10.6 Å². The second-order valence-electron chi connectivity index (χ2n) is 5.82. The van der Waals surface area contributed by atoms with E-state index < -0.39 is 0 Å². The summed E-state index contributed by atoms with van der Waals surface area (Å²) < 4.78 is 0. The molecular formula is C16H19N3S. The molecule has 2 unspecified atom stereocenters. The van der Waals surface area contributed by atoms with Crippen LogP contribution in [-0.2, 0) is 6.54 Å². The van der Waals surface area contributed by atoms with E-state index >= 15 is 0 Å². The van der Waals surface area contributed by atoms with Crippen LogP contribution in [0.2, 0.25) is 0 Å². The number of hydrogen-bond acceptors (Lipinski definition) is 4. The Bertz CT molecular complexity index is 607. The van der Waals surface area contributed by atoms with Crippen LogP contribution in [0, 0.1) is 5.92 Å². The van der Waals surface area contributed by atoms with Crippen molar-refractivity contribution >= 4 is 16.5 Å². The highest BCUT2D eigenvalue weighted by Crippen LogP contribution is 2.43. The number of piperidine rings is 1. The first-order valence-corrected chi connectivity index (χ1v) is 8.18. The lowest BCUT2D eigenvalue weighted by molar-refractivity contribution is 0.553. The second-order valence-corrected chi connectivity index (χ2v) is 6.89. The first-order chi connectivity index (χ1) is 9.85. The van der Waals surface area contributed by atoms with Crippen molar-refractivity contribution in [3.8, 4) is 11.3 Å². The van der Waals surface area contributed by atoms with Gasteiger partial charge in [0.15, 0.2) is 5.13 Å². The van der Waals surface area contributed by atoms with E-state index in [1.54, 1.807) is 11.3 Å². The summed E-state index contributed by atoms with van der Waals surface area (Å²) in [5.74, 6) is 0.894. The number of nitrogens with two attached hydrogens (primary N) is 1. The van der Waals surface area contributed by atoms with Gasteiger partial charge >= 0.3 is 0 Å². The molecule has 2 atom stereocenters. The van der Waals surface area contributed by atoms with Crippen LogP contribution in [0.3, 0.4) is 0 Å². The van der Waals surface area contributed by atoms with Crippen molar-refractivity contribution in [2.45, 2.75) is 31.8 Å². The van der Waals surface area contributed by atoms with Gasteiger partial charge in [0.2, 0.25) is 0 Å². The Labute approximate surface area is 123 Å². The van der Waals surface area contributed by atoms with Crippen LogP contribution in [0.25, 0.3) is 11.3 Å². The van der Waals surface area contributed by atoms with Gasteiger partial charge in [0.25, 0.3) is 0 Å². The van der Waals surface area contributed by atoms with E-state index in [-0.39, 0.29) is 0 Å². The van der Waals surface area contributed by atoms with Gasteiger partial charge in [-0.1, -0.05) is 41.7 Å². The molecular weight excluding hydrogens is 266 g/mol. The molecule has 0 amide bonds. The fourth-order valence-electron chi connectivity index (χ4n) is 3.58. The second kappa shape index (κ2) is 4.86. The van der Waals surface area contributed by atoms with E-state index in [1.807, 2.05) is 6.07 Å². The van der Waals surface area contributed by atoms with E-state index in [1.165, 1.54) is 41.4 Å². The summed E-state index contributed by atoms with van der Waals surface area (Å²) in [6, 6.07) is 11.1. The zero-order chi connectivity index (χ0) is 13.5. The summed E-state index contributed by atoms with van der Waals surface area (Å²) in [6.07, 6.45) is 4.10. The van der Waals surface area contributed by atoms with Gasteiger partial charge in [-0.05, 0) is 25.2 Å². The molecule has 20 heavy (non-hydrogen) atoms. The third-order valence-electron chi connectivity index (χ3n) is 4.57. The summed E-state index contributed by atoms with van der Waals surface area (Å²) >= 11 is 1.78. The van der Waals surface area contributed by atoms with Crippen molar-refractivity contribution in [2.75, 3.05) is 11.4 Å². The molecule has 1 saturated heterocycles. The average Bonchev–Trinajstić information content (AvgIpc) is 3.22. The van der Waals surface area contributed by atoms with Crippen LogP contribution in [0.15, 0.2) is 30.3 Å². The number of rotatable bonds is 3. The van der Waals surface area contributed by atoms with Crippen molar-refractivity contribution in [3.05, 3.63) is 35.2 Å². The SMILES string of the molecule is NCc1sc(N2CC3CCC2C3)nc1-c1ccccc1. The molecule has 1 aliphatic heterocycles. The first kappa shape index (κ1) is 12.4. The maximum Gasteiger partial charge on any atom is 0.186 e. The lowest BCUT2D eigenvalue weighted by atomic mass is 10.1. The largest absolute Gasteiger partial charge is 0.345 e. The van der Waals surface area contributed by atoms with E-state index in [9.17, 15) is 0 Å². The highest BCUT2D eigenvalue weighted by atomic mass is 32.1. The normalized spacial score (nSPS) is 24.6. The minimum Gasteiger partial charge on any atom is -0.345 e. The Morgan fingerprint density at radius 1 is 1.25 bits per heavy atom. The van der Waals surface area contributed by atoms with Crippen molar-refractivity contribution in [1.82, 2.24) is 4.98 Å². The molecule has 0 spiro atoms. The third-order valence-corrected chi connectivity index (χ3v) is 5.69. The number of anilines is 1. The zero-order valence-electron chi connectivity index (χ0n) is 11.5. The average molecular weight is 285 g/mol. The Hall–Kier alpha value is -1.39. The molecule has 4 rings (SSSR count). The van der Waals surface area contributed by atoms with Gasteiger partial charge < -0.3 is 10.6 Å². The van der Waals surface area contributed by atoms with Gasteiger partial charge in [0.1, 0.15) is 0 Å². The van der Waals surface area contributed by atoms with Crippen molar-refractivity contribution in [1.29, 1.82) is 0 Å². The number of thiazole rings is 1. The molecule has 104 valence electrons. The summed E-state index contributed by atoms with van der Waals surface area (Å²) in [6.45, 7) is 1.76. The fraction of sp³-hybridized carbons (Fsp3) is 0.438. The number of fused-ring (bicyclic) bond motifs is 2. The molecule has 2 heterocycles. The van der Waals surface area contributed by atoms with E-state index in [2.05, 4.69) is 29.2 Å². The Kier molecular flexibility index (Phi) is 3.00. The molecule has 2 aliphatic rings. The molecule has 3 nitrogen and oxygen atoms in total. The predicted molar refractivity (Wildman–Crippen MR) is 83.9 cm³/mol. The molecule has 0 radical (unpaired) electrons. The fourth-order valence-corrected chi connectivity index (χ4v) is 4.62. The molecule has 1 aromatic heterocycles. The maximum atomic E-state index is 5.93. The van der Waals surface area contributed by atoms with Gasteiger partial charge in [-0.25, -0.2) is 4.98 Å². The number of benzene rings is 1. The minimum absolute atomic E-state index is 0.573. The standard InChI is InChI=1S/C16H19N3S/c17-9-14-15(12-4-2-1-3-5-12)18-16(20-14)19-10-11-6-7-13(19)8-11/h1-5,11,13H,6-10,17H2. The van der Waals surface area contributed by atoms with Crippen LogP contribution in [0.4, 0.5) is 5.13 Å². The zero-order valence-corrected chi connectivity index (χ0v) is 12.3. The molecule has 2 N–H and O–H groups in total. The summed E-state index contributed by atoms with van der Waals surface area (Å²) in [4.78, 5) is 8.64. The van der Waals surface area contributed by atoms with E-state index in [4.69, 9.17) is 10.7 Å². The number of aromatic nitrogens is 1. The molecule has 2 aromatic rings. The summed E-state index contributed by atoms with van der Waals surface area (Å²) in [5, 5.41) is 1.18. The van der Waals surface area contributed by atoms with Crippen molar-refractivity contribution in [2.24, 2.45) is 11.7 Å². The lowest BCUT2D eigenvalue weighted by Crippen LogP contribution is -2.31.